The summed E-state index contributed by atoms with van der Waals surface area (Å²) in [6, 6.07) is 9.57. The summed E-state index contributed by atoms with van der Waals surface area (Å²) in [5.41, 5.74) is 0.755. The highest BCUT2D eigenvalue weighted by Gasteiger charge is 2.22. The molecular weight excluding hydrogens is 398 g/mol. The van der Waals surface area contributed by atoms with Gasteiger partial charge in [0, 0.05) is 18.7 Å². The molecule has 0 spiro atoms. The van der Waals surface area contributed by atoms with Gasteiger partial charge < -0.3 is 19.4 Å². The SMILES string of the molecule is CS(=O)(=O)N(CC(=O)NCc1ccco1)c1ccc(C(=O)N2CCOCC2)cc1. The summed E-state index contributed by atoms with van der Waals surface area (Å²) in [6.07, 6.45) is 2.52. The van der Waals surface area contributed by atoms with Crippen LogP contribution >= 0.6 is 0 Å². The van der Waals surface area contributed by atoms with E-state index in [1.54, 1.807) is 29.2 Å². The molecular formula is C19H23N3O6S. The molecule has 2 amide bonds. The molecule has 0 radical (unpaired) electrons. The topological polar surface area (TPSA) is 109 Å². The fraction of sp³-hybridized carbons (Fsp3) is 0.368. The Labute approximate surface area is 169 Å². The Balaban J connectivity index is 1.68. The van der Waals surface area contributed by atoms with Crippen molar-refractivity contribution in [3.63, 3.8) is 0 Å². The van der Waals surface area contributed by atoms with E-state index in [2.05, 4.69) is 5.32 Å². The quantitative estimate of drug-likeness (QED) is 0.709. The van der Waals surface area contributed by atoms with Crippen LogP contribution in [0.25, 0.3) is 0 Å². The van der Waals surface area contributed by atoms with Gasteiger partial charge in [-0.05, 0) is 36.4 Å². The summed E-state index contributed by atoms with van der Waals surface area (Å²) in [5.74, 6) is -0.0440. The van der Waals surface area contributed by atoms with Crippen LogP contribution in [0.15, 0.2) is 47.1 Å². The highest BCUT2D eigenvalue weighted by Crippen LogP contribution is 2.19. The lowest BCUT2D eigenvalue weighted by atomic mass is 10.1. The fourth-order valence-corrected chi connectivity index (χ4v) is 3.76. The smallest absolute Gasteiger partial charge is 0.254 e. The Morgan fingerprint density at radius 1 is 1.14 bits per heavy atom. The Morgan fingerprint density at radius 2 is 1.83 bits per heavy atom. The van der Waals surface area contributed by atoms with Crippen LogP contribution in [0.4, 0.5) is 5.69 Å². The van der Waals surface area contributed by atoms with Crippen molar-refractivity contribution in [2.24, 2.45) is 0 Å². The van der Waals surface area contributed by atoms with Crippen molar-refractivity contribution in [2.75, 3.05) is 43.4 Å². The van der Waals surface area contributed by atoms with E-state index in [0.717, 1.165) is 10.6 Å². The van der Waals surface area contributed by atoms with E-state index in [4.69, 9.17) is 9.15 Å². The minimum atomic E-state index is -3.70. The number of furan rings is 1. The lowest BCUT2D eigenvalue weighted by Gasteiger charge is -2.27. The Bertz CT molecular complexity index is 935. The normalized spacial score (nSPS) is 14.4. The molecule has 1 aliphatic heterocycles. The van der Waals surface area contributed by atoms with Crippen LogP contribution in [0.1, 0.15) is 16.1 Å². The van der Waals surface area contributed by atoms with E-state index in [-0.39, 0.29) is 19.0 Å². The molecule has 0 aliphatic carbocycles. The van der Waals surface area contributed by atoms with Gasteiger partial charge >= 0.3 is 0 Å². The summed E-state index contributed by atoms with van der Waals surface area (Å²) in [5, 5.41) is 2.62. The number of nitrogens with one attached hydrogen (secondary N) is 1. The van der Waals surface area contributed by atoms with Gasteiger partial charge in [0.25, 0.3) is 5.91 Å². The minimum absolute atomic E-state index is 0.137. The van der Waals surface area contributed by atoms with Gasteiger partial charge in [-0.2, -0.15) is 0 Å². The Kier molecular flexibility index (Phi) is 6.55. The summed E-state index contributed by atoms with van der Waals surface area (Å²) >= 11 is 0. The number of benzene rings is 1. The number of hydrogen-bond donors (Lipinski definition) is 1. The molecule has 3 rings (SSSR count). The molecule has 2 heterocycles. The lowest BCUT2D eigenvalue weighted by molar-refractivity contribution is -0.119. The molecule has 1 N–H and O–H groups in total. The van der Waals surface area contributed by atoms with E-state index in [1.165, 1.54) is 18.4 Å². The first kappa shape index (κ1) is 20.9. The first-order valence-electron chi connectivity index (χ1n) is 9.08. The van der Waals surface area contributed by atoms with Crippen LogP contribution in [-0.2, 0) is 26.1 Å². The molecule has 1 aliphatic rings. The van der Waals surface area contributed by atoms with Gasteiger partial charge in [0.2, 0.25) is 15.9 Å². The van der Waals surface area contributed by atoms with E-state index in [1.807, 2.05) is 0 Å². The van der Waals surface area contributed by atoms with Gasteiger partial charge in [-0.3, -0.25) is 13.9 Å². The Hall–Kier alpha value is -2.85. The number of amides is 2. The van der Waals surface area contributed by atoms with Crippen LogP contribution in [0.3, 0.4) is 0 Å². The molecule has 29 heavy (non-hydrogen) atoms. The van der Waals surface area contributed by atoms with E-state index in [9.17, 15) is 18.0 Å². The number of nitrogens with zero attached hydrogens (tertiary/aromatic N) is 2. The zero-order valence-corrected chi connectivity index (χ0v) is 16.9. The fourth-order valence-electron chi connectivity index (χ4n) is 2.90. The summed E-state index contributed by atoms with van der Waals surface area (Å²) in [7, 11) is -3.70. The summed E-state index contributed by atoms with van der Waals surface area (Å²) < 4.78 is 35.8. The molecule has 1 fully saturated rings. The number of hydrogen-bond acceptors (Lipinski definition) is 6. The number of ether oxygens (including phenoxy) is 1. The van der Waals surface area contributed by atoms with E-state index >= 15 is 0 Å². The maximum atomic E-state index is 12.5. The average molecular weight is 421 g/mol. The third kappa shape index (κ3) is 5.58. The highest BCUT2D eigenvalue weighted by molar-refractivity contribution is 7.92. The number of sulfonamides is 1. The maximum absolute atomic E-state index is 12.5. The standard InChI is InChI=1S/C19H23N3O6S/c1-29(25,26)22(14-18(23)20-13-17-3-2-10-28-17)16-6-4-15(5-7-16)19(24)21-8-11-27-12-9-21/h2-7,10H,8-9,11-14H2,1H3,(H,20,23). The van der Waals surface area contributed by atoms with Gasteiger partial charge in [0.1, 0.15) is 12.3 Å². The van der Waals surface area contributed by atoms with Crippen LogP contribution in [0, 0.1) is 0 Å². The van der Waals surface area contributed by atoms with E-state index < -0.39 is 15.9 Å². The number of anilines is 1. The van der Waals surface area contributed by atoms with Crippen molar-refractivity contribution in [1.29, 1.82) is 0 Å². The molecule has 1 aromatic carbocycles. The zero-order chi connectivity index (χ0) is 20.9. The zero-order valence-electron chi connectivity index (χ0n) is 16.0. The third-order valence-corrected chi connectivity index (χ3v) is 5.57. The van der Waals surface area contributed by atoms with Crippen LogP contribution in [0.2, 0.25) is 0 Å². The van der Waals surface area contributed by atoms with Gasteiger partial charge in [-0.1, -0.05) is 0 Å². The number of carbonyl (C=O) groups excluding carboxylic acids is 2. The van der Waals surface area contributed by atoms with Gasteiger partial charge in [0.15, 0.2) is 0 Å². The van der Waals surface area contributed by atoms with Crippen molar-refractivity contribution < 1.29 is 27.2 Å². The second-order valence-corrected chi connectivity index (χ2v) is 8.48. The lowest BCUT2D eigenvalue weighted by Crippen LogP contribution is -2.41. The number of rotatable bonds is 7. The first-order chi connectivity index (χ1) is 13.8. The molecule has 1 aromatic heterocycles. The molecule has 2 aromatic rings. The second-order valence-electron chi connectivity index (χ2n) is 6.58. The minimum Gasteiger partial charge on any atom is -0.467 e. The monoisotopic (exact) mass is 421 g/mol. The van der Waals surface area contributed by atoms with Gasteiger partial charge in [0.05, 0.1) is 38.0 Å². The summed E-state index contributed by atoms with van der Waals surface area (Å²) in [4.78, 5) is 26.4. The van der Waals surface area contributed by atoms with Crippen LogP contribution in [0.5, 0.6) is 0 Å². The molecule has 0 bridgehead atoms. The van der Waals surface area contributed by atoms with Crippen LogP contribution in [-0.4, -0.2) is 64.2 Å². The predicted octanol–water partition coefficient (Wildman–Crippen LogP) is 0.834. The second kappa shape index (κ2) is 9.10. The molecule has 0 atom stereocenters. The van der Waals surface area contributed by atoms with Crippen molar-refractivity contribution in [3.8, 4) is 0 Å². The number of morpholine rings is 1. The molecule has 9 nitrogen and oxygen atoms in total. The van der Waals surface area contributed by atoms with E-state index in [0.29, 0.717) is 43.3 Å². The third-order valence-electron chi connectivity index (χ3n) is 4.43. The molecule has 0 saturated carbocycles. The molecule has 156 valence electrons. The maximum Gasteiger partial charge on any atom is 0.254 e. The molecule has 10 heteroatoms. The Morgan fingerprint density at radius 3 is 2.41 bits per heavy atom. The highest BCUT2D eigenvalue weighted by atomic mass is 32.2. The van der Waals surface area contributed by atoms with Gasteiger partial charge in [-0.25, -0.2) is 8.42 Å². The first-order valence-corrected chi connectivity index (χ1v) is 10.9. The van der Waals surface area contributed by atoms with Crippen molar-refractivity contribution >= 4 is 27.5 Å². The molecule has 0 unspecified atom stereocenters. The predicted molar refractivity (Wildman–Crippen MR) is 106 cm³/mol. The summed E-state index contributed by atoms with van der Waals surface area (Å²) in [6.45, 7) is 1.82. The van der Waals surface area contributed by atoms with Crippen molar-refractivity contribution in [3.05, 3.63) is 54.0 Å². The van der Waals surface area contributed by atoms with Gasteiger partial charge in [-0.15, -0.1) is 0 Å². The molecule has 1 saturated heterocycles. The van der Waals surface area contributed by atoms with Crippen molar-refractivity contribution in [1.82, 2.24) is 10.2 Å². The van der Waals surface area contributed by atoms with Crippen LogP contribution < -0.4 is 9.62 Å². The van der Waals surface area contributed by atoms with Crippen molar-refractivity contribution in [2.45, 2.75) is 6.54 Å². The number of carbonyl (C=O) groups is 2. The largest absolute Gasteiger partial charge is 0.467 e. The average Bonchev–Trinajstić information content (AvgIpc) is 3.24.